The molecule has 1 aliphatic rings. The number of imidazole rings is 1. The van der Waals surface area contributed by atoms with Gasteiger partial charge in [-0.3, -0.25) is 14.6 Å². The Kier molecular flexibility index (Phi) is 5.89. The summed E-state index contributed by atoms with van der Waals surface area (Å²) in [5.74, 6) is 0.370. The highest BCUT2D eigenvalue weighted by Gasteiger charge is 2.36. The van der Waals surface area contributed by atoms with Gasteiger partial charge < -0.3 is 20.4 Å². The molecule has 2 heterocycles. The van der Waals surface area contributed by atoms with Gasteiger partial charge in [-0.2, -0.15) is 5.10 Å². The third kappa shape index (κ3) is 4.18. The lowest BCUT2D eigenvalue weighted by Crippen LogP contribution is -2.40. The number of nitrogens with one attached hydrogen (secondary N) is 1. The number of methoxy groups -OCH3 is 1. The fourth-order valence-electron chi connectivity index (χ4n) is 3.68. The molecule has 4 rings (SSSR count). The number of aromatic nitrogens is 2. The van der Waals surface area contributed by atoms with Crippen LogP contribution in [0.1, 0.15) is 23.9 Å². The van der Waals surface area contributed by atoms with Gasteiger partial charge in [-0.05, 0) is 29.8 Å². The molecule has 2 atom stereocenters. The van der Waals surface area contributed by atoms with Crippen LogP contribution >= 0.6 is 0 Å². The second-order valence-electron chi connectivity index (χ2n) is 7.43. The minimum Gasteiger partial charge on any atom is -0.497 e. The van der Waals surface area contributed by atoms with Crippen LogP contribution in [-0.4, -0.2) is 40.2 Å². The largest absolute Gasteiger partial charge is 0.497 e. The van der Waals surface area contributed by atoms with E-state index in [0.29, 0.717) is 17.3 Å². The molecule has 32 heavy (non-hydrogen) atoms. The van der Waals surface area contributed by atoms with Crippen molar-refractivity contribution in [2.24, 2.45) is 17.9 Å². The second-order valence-corrected chi connectivity index (χ2v) is 7.43. The number of rotatable bonds is 7. The molecule has 0 fully saturated rings. The number of carbonyl (C=O) groups is 2. The number of hydrogen-bond acceptors (Lipinski definition) is 6. The fraction of sp³-hybridized carbons (Fsp3) is 0.217. The van der Waals surface area contributed by atoms with Crippen molar-refractivity contribution in [2.75, 3.05) is 12.1 Å². The molecule has 3 aromatic rings. The van der Waals surface area contributed by atoms with Gasteiger partial charge in [0.2, 0.25) is 5.91 Å². The molecular weight excluding hydrogens is 408 g/mol. The Morgan fingerprint density at radius 1 is 1.19 bits per heavy atom. The van der Waals surface area contributed by atoms with Gasteiger partial charge in [0, 0.05) is 25.9 Å². The van der Waals surface area contributed by atoms with Gasteiger partial charge in [0.05, 0.1) is 12.8 Å². The molecule has 0 spiro atoms. The molecule has 2 amide bonds. The molecule has 164 valence electrons. The van der Waals surface area contributed by atoms with Crippen molar-refractivity contribution < 1.29 is 14.3 Å². The van der Waals surface area contributed by atoms with Gasteiger partial charge in [0.25, 0.3) is 5.91 Å². The Morgan fingerprint density at radius 2 is 1.97 bits per heavy atom. The first-order chi connectivity index (χ1) is 15.5. The van der Waals surface area contributed by atoms with Crippen molar-refractivity contribution in [1.29, 1.82) is 0 Å². The maximum absolute atomic E-state index is 13.2. The van der Waals surface area contributed by atoms with Crippen LogP contribution in [0.4, 0.5) is 5.69 Å². The van der Waals surface area contributed by atoms with Crippen LogP contribution in [0, 0.1) is 0 Å². The molecular formula is C23H24N6O3. The lowest BCUT2D eigenvalue weighted by molar-refractivity contribution is -0.119. The number of nitrogens with two attached hydrogens (primary N) is 1. The van der Waals surface area contributed by atoms with Crippen molar-refractivity contribution in [3.63, 3.8) is 0 Å². The number of primary amides is 1. The molecule has 1 aromatic heterocycles. The number of para-hydroxylation sites is 1. The monoisotopic (exact) mass is 432 g/mol. The van der Waals surface area contributed by atoms with Gasteiger partial charge in [0.1, 0.15) is 29.4 Å². The predicted octanol–water partition coefficient (Wildman–Crippen LogP) is 1.75. The minimum atomic E-state index is -0.735. The zero-order valence-corrected chi connectivity index (χ0v) is 17.8. The smallest absolute Gasteiger partial charge is 0.268 e. The Labute approximate surface area is 185 Å². The van der Waals surface area contributed by atoms with Crippen LogP contribution in [0.2, 0.25) is 0 Å². The maximum atomic E-state index is 13.2. The zero-order chi connectivity index (χ0) is 22.7. The number of carbonyl (C=O) groups excluding carboxylic acids is 2. The van der Waals surface area contributed by atoms with E-state index in [1.54, 1.807) is 13.3 Å². The Balaban J connectivity index is 1.65. The summed E-state index contributed by atoms with van der Waals surface area (Å²) < 4.78 is 7.18. The van der Waals surface area contributed by atoms with Crippen LogP contribution in [-0.2, 0) is 16.6 Å². The van der Waals surface area contributed by atoms with Crippen LogP contribution < -0.4 is 20.8 Å². The number of hydrogen-bond donors (Lipinski definition) is 2. The van der Waals surface area contributed by atoms with E-state index in [0.717, 1.165) is 5.56 Å². The van der Waals surface area contributed by atoms with Gasteiger partial charge in [-0.25, -0.2) is 4.98 Å². The SMILES string of the molecule is COc1cccc([C@H](NC(=O)C2=NN(c3ccccc3)[C@H](C(N)=O)C2)c2nccn2C)c1. The van der Waals surface area contributed by atoms with Crippen molar-refractivity contribution in [2.45, 2.75) is 18.5 Å². The van der Waals surface area contributed by atoms with E-state index in [2.05, 4.69) is 15.4 Å². The van der Waals surface area contributed by atoms with E-state index >= 15 is 0 Å². The summed E-state index contributed by atoms with van der Waals surface area (Å²) in [5.41, 5.74) is 7.31. The van der Waals surface area contributed by atoms with E-state index in [9.17, 15) is 9.59 Å². The third-order valence-electron chi connectivity index (χ3n) is 5.34. The molecule has 0 saturated heterocycles. The lowest BCUT2D eigenvalue weighted by atomic mass is 10.0. The molecule has 0 unspecified atom stereocenters. The first kappa shape index (κ1) is 21.1. The zero-order valence-electron chi connectivity index (χ0n) is 17.8. The molecule has 0 aliphatic carbocycles. The maximum Gasteiger partial charge on any atom is 0.268 e. The van der Waals surface area contributed by atoms with Crippen LogP contribution in [0.5, 0.6) is 5.75 Å². The minimum absolute atomic E-state index is 0.113. The summed E-state index contributed by atoms with van der Waals surface area (Å²) in [6, 6.07) is 15.3. The van der Waals surface area contributed by atoms with E-state index in [1.165, 1.54) is 5.01 Å². The highest BCUT2D eigenvalue weighted by molar-refractivity contribution is 6.40. The molecule has 0 saturated carbocycles. The normalized spacial score (nSPS) is 16.4. The highest BCUT2D eigenvalue weighted by Crippen LogP contribution is 2.27. The Bertz CT molecular complexity index is 1160. The standard InChI is InChI=1S/C23H24N6O3/c1-28-12-11-25-22(28)20(15-7-6-10-17(13-15)32-2)26-23(31)18-14-19(21(24)30)29(27-18)16-8-4-3-5-9-16/h3-13,19-20H,14H2,1-2H3,(H2,24,30)(H,26,31)/t19-,20-/m0/s1. The topological polar surface area (TPSA) is 115 Å². The first-order valence-corrected chi connectivity index (χ1v) is 10.1. The summed E-state index contributed by atoms with van der Waals surface area (Å²) in [6.07, 6.45) is 3.59. The number of aryl methyl sites for hydroxylation is 1. The van der Waals surface area contributed by atoms with Gasteiger partial charge in [-0.1, -0.05) is 30.3 Å². The Morgan fingerprint density at radius 3 is 2.62 bits per heavy atom. The number of ether oxygens (including phenoxy) is 1. The summed E-state index contributed by atoms with van der Waals surface area (Å²) >= 11 is 0. The number of hydrazone groups is 1. The van der Waals surface area contributed by atoms with Gasteiger partial charge in [-0.15, -0.1) is 0 Å². The highest BCUT2D eigenvalue weighted by atomic mass is 16.5. The molecule has 1 aliphatic heterocycles. The average molecular weight is 432 g/mol. The number of benzene rings is 2. The summed E-state index contributed by atoms with van der Waals surface area (Å²) in [7, 11) is 3.44. The van der Waals surface area contributed by atoms with E-state index < -0.39 is 23.9 Å². The Hall–Kier alpha value is -4.14. The van der Waals surface area contributed by atoms with Gasteiger partial charge >= 0.3 is 0 Å². The summed E-state index contributed by atoms with van der Waals surface area (Å²) in [5, 5.41) is 8.94. The summed E-state index contributed by atoms with van der Waals surface area (Å²) in [4.78, 5) is 29.7. The van der Waals surface area contributed by atoms with Crippen molar-refractivity contribution in [3.05, 3.63) is 78.4 Å². The third-order valence-corrected chi connectivity index (χ3v) is 5.34. The number of amides is 2. The molecule has 9 nitrogen and oxygen atoms in total. The van der Waals surface area contributed by atoms with Crippen molar-refractivity contribution in [3.8, 4) is 5.75 Å². The quantitative estimate of drug-likeness (QED) is 0.590. The molecule has 3 N–H and O–H groups in total. The molecule has 0 radical (unpaired) electrons. The summed E-state index contributed by atoms with van der Waals surface area (Å²) in [6.45, 7) is 0. The fourth-order valence-corrected chi connectivity index (χ4v) is 3.68. The molecule has 9 heteroatoms. The van der Waals surface area contributed by atoms with Gasteiger partial charge in [0.15, 0.2) is 0 Å². The van der Waals surface area contributed by atoms with Crippen LogP contribution in [0.15, 0.2) is 72.1 Å². The molecule has 0 bridgehead atoms. The van der Waals surface area contributed by atoms with E-state index in [-0.39, 0.29) is 12.1 Å². The van der Waals surface area contributed by atoms with E-state index in [4.69, 9.17) is 10.5 Å². The first-order valence-electron chi connectivity index (χ1n) is 10.1. The lowest BCUT2D eigenvalue weighted by Gasteiger charge is -2.20. The number of anilines is 1. The predicted molar refractivity (Wildman–Crippen MR) is 120 cm³/mol. The van der Waals surface area contributed by atoms with Crippen LogP contribution in [0.3, 0.4) is 0 Å². The van der Waals surface area contributed by atoms with Crippen molar-refractivity contribution >= 4 is 23.2 Å². The van der Waals surface area contributed by atoms with E-state index in [1.807, 2.05) is 72.4 Å². The molecule has 2 aromatic carbocycles. The van der Waals surface area contributed by atoms with Crippen LogP contribution in [0.25, 0.3) is 0 Å². The average Bonchev–Trinajstić information content (AvgIpc) is 3.45. The number of nitrogens with zero attached hydrogens (tertiary/aromatic N) is 4. The van der Waals surface area contributed by atoms with Crippen molar-refractivity contribution in [1.82, 2.24) is 14.9 Å². The second kappa shape index (κ2) is 8.93.